The van der Waals surface area contributed by atoms with Crippen LogP contribution < -0.4 is 0 Å². The molecule has 0 N–H and O–H groups in total. The minimum Gasteiger partial charge on any atom is -0.465 e. The van der Waals surface area contributed by atoms with Crippen LogP contribution in [-0.4, -0.2) is 40.9 Å². The summed E-state index contributed by atoms with van der Waals surface area (Å²) in [5.74, 6) is 0.0175. The maximum atomic E-state index is 11.9. The number of ether oxygens (including phenoxy) is 2. The summed E-state index contributed by atoms with van der Waals surface area (Å²) < 4.78 is 9.81. The van der Waals surface area contributed by atoms with E-state index in [1.54, 1.807) is 6.92 Å². The molecule has 116 valence electrons. The first-order chi connectivity index (χ1) is 10.5. The second-order valence-electron chi connectivity index (χ2n) is 4.87. The van der Waals surface area contributed by atoms with Gasteiger partial charge >= 0.3 is 11.9 Å². The second kappa shape index (κ2) is 5.85. The van der Waals surface area contributed by atoms with E-state index in [1.807, 2.05) is 6.92 Å². The molecular formula is C14H14N2O4S2. The molecule has 0 spiro atoms. The van der Waals surface area contributed by atoms with Crippen molar-refractivity contribution < 1.29 is 19.1 Å². The molecule has 0 saturated carbocycles. The lowest BCUT2D eigenvalue weighted by Gasteiger charge is -2.07. The molecule has 0 aliphatic carbocycles. The molecule has 6 nitrogen and oxygen atoms in total. The Morgan fingerprint density at radius 3 is 2.82 bits per heavy atom. The van der Waals surface area contributed by atoms with Crippen LogP contribution in [0.4, 0.5) is 0 Å². The number of thiophene rings is 1. The third-order valence-electron chi connectivity index (χ3n) is 3.38. The summed E-state index contributed by atoms with van der Waals surface area (Å²) in [7, 11) is 1.35. The number of aryl methyl sites for hydroxylation is 2. The van der Waals surface area contributed by atoms with E-state index in [0.29, 0.717) is 23.7 Å². The van der Waals surface area contributed by atoms with Crippen LogP contribution in [0, 0.1) is 13.8 Å². The summed E-state index contributed by atoms with van der Waals surface area (Å²) in [5.41, 5.74) is 0.792. The van der Waals surface area contributed by atoms with Gasteiger partial charge in [-0.1, -0.05) is 11.8 Å². The highest BCUT2D eigenvalue weighted by atomic mass is 32.2. The Labute approximate surface area is 135 Å². The smallest absolute Gasteiger partial charge is 0.348 e. The number of hydrogen-bond acceptors (Lipinski definition) is 8. The van der Waals surface area contributed by atoms with Gasteiger partial charge in [-0.15, -0.1) is 11.3 Å². The first-order valence-corrected chi connectivity index (χ1v) is 8.40. The minimum absolute atomic E-state index is 0.213. The molecule has 2 aromatic rings. The second-order valence-corrected chi connectivity index (χ2v) is 7.06. The van der Waals surface area contributed by atoms with Crippen molar-refractivity contribution >= 4 is 45.3 Å². The van der Waals surface area contributed by atoms with Gasteiger partial charge in [0, 0.05) is 11.8 Å². The van der Waals surface area contributed by atoms with Crippen molar-refractivity contribution in [2.24, 2.45) is 0 Å². The molecule has 1 unspecified atom stereocenters. The molecule has 0 aromatic carbocycles. The number of thioether (sulfide) groups is 1. The number of cyclic esters (lactones) is 1. The highest BCUT2D eigenvalue weighted by Gasteiger charge is 2.30. The molecule has 2 aromatic heterocycles. The van der Waals surface area contributed by atoms with Crippen molar-refractivity contribution in [2.45, 2.75) is 30.5 Å². The summed E-state index contributed by atoms with van der Waals surface area (Å²) in [6, 6.07) is 0. The van der Waals surface area contributed by atoms with Gasteiger partial charge in [-0.3, -0.25) is 4.79 Å². The first-order valence-electron chi connectivity index (χ1n) is 6.70. The third-order valence-corrected chi connectivity index (χ3v) is 5.78. The molecule has 1 aliphatic rings. The van der Waals surface area contributed by atoms with Crippen LogP contribution >= 0.6 is 23.1 Å². The quantitative estimate of drug-likeness (QED) is 0.628. The number of carbonyl (C=O) groups excluding carboxylic acids is 2. The maximum absolute atomic E-state index is 11.9. The van der Waals surface area contributed by atoms with Crippen molar-refractivity contribution in [1.82, 2.24) is 9.97 Å². The predicted molar refractivity (Wildman–Crippen MR) is 83.4 cm³/mol. The Morgan fingerprint density at radius 1 is 1.41 bits per heavy atom. The average molecular weight is 338 g/mol. The zero-order valence-electron chi connectivity index (χ0n) is 12.3. The minimum atomic E-state index is -0.380. The van der Waals surface area contributed by atoms with Gasteiger partial charge in [0.2, 0.25) is 0 Å². The molecule has 3 heterocycles. The number of aromatic nitrogens is 2. The lowest BCUT2D eigenvalue weighted by Crippen LogP contribution is -2.10. The normalized spacial score (nSPS) is 17.8. The molecule has 1 fully saturated rings. The predicted octanol–water partition coefficient (Wildman–Crippen LogP) is 2.50. The Hall–Kier alpha value is -1.67. The fraction of sp³-hybridized carbons (Fsp3) is 0.429. The Kier molecular flexibility index (Phi) is 4.05. The number of fused-ring (bicyclic) bond motifs is 1. The fourth-order valence-electron chi connectivity index (χ4n) is 2.30. The van der Waals surface area contributed by atoms with Gasteiger partial charge in [0.1, 0.15) is 25.8 Å². The van der Waals surface area contributed by atoms with Gasteiger partial charge < -0.3 is 9.47 Å². The molecule has 0 radical (unpaired) electrons. The van der Waals surface area contributed by atoms with Crippen LogP contribution in [0.3, 0.4) is 0 Å². The molecule has 1 aliphatic heterocycles. The van der Waals surface area contributed by atoms with E-state index in [-0.39, 0.29) is 17.2 Å². The summed E-state index contributed by atoms with van der Waals surface area (Å²) in [6.07, 6.45) is 0.668. The zero-order chi connectivity index (χ0) is 15.9. The van der Waals surface area contributed by atoms with Crippen LogP contribution in [0.5, 0.6) is 0 Å². The zero-order valence-corrected chi connectivity index (χ0v) is 14.0. The first kappa shape index (κ1) is 15.2. The van der Waals surface area contributed by atoms with Crippen LogP contribution in [0.25, 0.3) is 10.2 Å². The maximum Gasteiger partial charge on any atom is 0.348 e. The van der Waals surface area contributed by atoms with Gasteiger partial charge in [0.25, 0.3) is 0 Å². The summed E-state index contributed by atoms with van der Waals surface area (Å²) in [5, 5.41) is 1.29. The number of hydrogen-bond donors (Lipinski definition) is 0. The average Bonchev–Trinajstić information content (AvgIpc) is 3.02. The van der Waals surface area contributed by atoms with Crippen molar-refractivity contribution in [1.29, 1.82) is 0 Å². The van der Waals surface area contributed by atoms with E-state index in [2.05, 4.69) is 9.97 Å². The lowest BCUT2D eigenvalue weighted by molar-refractivity contribution is -0.137. The van der Waals surface area contributed by atoms with E-state index < -0.39 is 0 Å². The monoisotopic (exact) mass is 338 g/mol. The lowest BCUT2D eigenvalue weighted by atomic mass is 10.2. The number of methoxy groups -OCH3 is 1. The largest absolute Gasteiger partial charge is 0.465 e. The molecule has 1 atom stereocenters. The van der Waals surface area contributed by atoms with Gasteiger partial charge in [0.05, 0.1) is 13.7 Å². The molecular weight excluding hydrogens is 324 g/mol. The molecule has 8 heteroatoms. The van der Waals surface area contributed by atoms with Gasteiger partial charge in [-0.2, -0.15) is 0 Å². The number of rotatable bonds is 3. The summed E-state index contributed by atoms with van der Waals surface area (Å²) >= 11 is 2.67. The highest BCUT2D eigenvalue weighted by molar-refractivity contribution is 8.00. The number of nitrogens with zero attached hydrogens (tertiary/aromatic N) is 2. The van der Waals surface area contributed by atoms with Crippen LogP contribution in [0.15, 0.2) is 5.03 Å². The number of carbonyl (C=O) groups is 2. The molecule has 0 bridgehead atoms. The van der Waals surface area contributed by atoms with E-state index in [9.17, 15) is 9.59 Å². The third kappa shape index (κ3) is 2.56. The van der Waals surface area contributed by atoms with Crippen LogP contribution in [0.2, 0.25) is 0 Å². The molecule has 22 heavy (non-hydrogen) atoms. The summed E-state index contributed by atoms with van der Waals surface area (Å²) in [6.45, 7) is 4.09. The van der Waals surface area contributed by atoms with E-state index >= 15 is 0 Å². The van der Waals surface area contributed by atoms with Crippen LogP contribution in [-0.2, 0) is 14.3 Å². The van der Waals surface area contributed by atoms with E-state index in [0.717, 1.165) is 20.8 Å². The molecule has 3 rings (SSSR count). The Morgan fingerprint density at radius 2 is 2.18 bits per heavy atom. The Bertz CT molecular complexity index is 772. The summed E-state index contributed by atoms with van der Waals surface area (Å²) in [4.78, 5) is 33.7. The van der Waals surface area contributed by atoms with E-state index in [1.165, 1.54) is 30.2 Å². The molecule has 1 saturated heterocycles. The van der Waals surface area contributed by atoms with Crippen LogP contribution in [0.1, 0.15) is 27.5 Å². The Balaban J connectivity index is 2.10. The fourth-order valence-corrected chi connectivity index (χ4v) is 4.71. The van der Waals surface area contributed by atoms with Gasteiger partial charge in [-0.05, 0) is 19.4 Å². The van der Waals surface area contributed by atoms with Crippen molar-refractivity contribution in [3.63, 3.8) is 0 Å². The highest BCUT2D eigenvalue weighted by Crippen LogP contribution is 2.38. The van der Waals surface area contributed by atoms with E-state index in [4.69, 9.17) is 9.47 Å². The van der Waals surface area contributed by atoms with Gasteiger partial charge in [0.15, 0.2) is 0 Å². The topological polar surface area (TPSA) is 78.4 Å². The van der Waals surface area contributed by atoms with Crippen molar-refractivity contribution in [3.8, 4) is 0 Å². The standard InChI is InChI=1S/C14H14N2O4S2/c1-6-9-11(21-8-4-5-20-13(8)17)15-7(2)16-12(9)22-10(6)14(18)19-3/h8H,4-5H2,1-3H3. The van der Waals surface area contributed by atoms with Crippen molar-refractivity contribution in [3.05, 3.63) is 16.3 Å². The molecule has 0 amide bonds. The van der Waals surface area contributed by atoms with Crippen molar-refractivity contribution in [2.75, 3.05) is 13.7 Å². The SMILES string of the molecule is COC(=O)c1sc2nc(C)nc(SC3CCOC3=O)c2c1C. The van der Waals surface area contributed by atoms with Gasteiger partial charge in [-0.25, -0.2) is 14.8 Å². The number of esters is 2.